The van der Waals surface area contributed by atoms with Crippen LogP contribution in [0.5, 0.6) is 0 Å². The first-order chi connectivity index (χ1) is 9.21. The van der Waals surface area contributed by atoms with Crippen molar-refractivity contribution in [1.82, 2.24) is 5.32 Å². The van der Waals surface area contributed by atoms with Crippen molar-refractivity contribution in [3.63, 3.8) is 0 Å². The number of rotatable bonds is 4. The highest BCUT2D eigenvalue weighted by atomic mass is 32.2. The lowest BCUT2D eigenvalue weighted by Gasteiger charge is -2.40. The molecular weight excluding hydrogens is 278 g/mol. The lowest BCUT2D eigenvalue weighted by Crippen LogP contribution is -2.45. The highest BCUT2D eigenvalue weighted by molar-refractivity contribution is 8.00. The summed E-state index contributed by atoms with van der Waals surface area (Å²) in [5.74, 6) is 5.33. The van der Waals surface area contributed by atoms with Crippen LogP contribution in [0.3, 0.4) is 0 Å². The molecule has 2 rings (SSSR count). The summed E-state index contributed by atoms with van der Waals surface area (Å²) in [5, 5.41) is 13.6. The van der Waals surface area contributed by atoms with Crippen molar-refractivity contribution in [2.45, 2.75) is 24.0 Å². The maximum atomic E-state index is 12.2. The van der Waals surface area contributed by atoms with Gasteiger partial charge in [-0.05, 0) is 30.5 Å². The fraction of sp³-hybridized carbons (Fsp3) is 0.500. The minimum atomic E-state index is -0.188. The van der Waals surface area contributed by atoms with Crippen LogP contribution in [-0.4, -0.2) is 35.2 Å². The van der Waals surface area contributed by atoms with Crippen molar-refractivity contribution in [3.8, 4) is 11.8 Å². The second-order valence-corrected chi connectivity index (χ2v) is 6.74. The molecule has 1 saturated carbocycles. The predicted molar refractivity (Wildman–Crippen MR) is 80.7 cm³/mol. The highest BCUT2D eigenvalue weighted by Gasteiger charge is 2.36. The van der Waals surface area contributed by atoms with Crippen LogP contribution >= 0.6 is 23.1 Å². The number of carbonyl (C=O) groups is 1. The molecule has 1 aromatic rings. The van der Waals surface area contributed by atoms with Crippen LogP contribution in [0.25, 0.3) is 0 Å². The average molecular weight is 295 g/mol. The Morgan fingerprint density at radius 3 is 3.00 bits per heavy atom. The molecule has 0 aromatic carbocycles. The molecule has 0 unspecified atom stereocenters. The Balaban J connectivity index is 1.98. The molecule has 1 aliphatic carbocycles. The van der Waals surface area contributed by atoms with E-state index in [-0.39, 0.29) is 17.3 Å². The third-order valence-electron chi connectivity index (χ3n) is 3.44. The Morgan fingerprint density at radius 2 is 2.42 bits per heavy atom. The van der Waals surface area contributed by atoms with Gasteiger partial charge in [0.05, 0.1) is 0 Å². The fourth-order valence-electron chi connectivity index (χ4n) is 2.06. The first-order valence-corrected chi connectivity index (χ1v) is 8.32. The molecule has 0 spiro atoms. The molecule has 3 nitrogen and oxygen atoms in total. The van der Waals surface area contributed by atoms with Crippen molar-refractivity contribution < 1.29 is 9.90 Å². The summed E-state index contributed by atoms with van der Waals surface area (Å²) in [5.41, 5.74) is 0.698. The number of thiophene rings is 1. The molecule has 1 aromatic heterocycles. The van der Waals surface area contributed by atoms with E-state index in [0.29, 0.717) is 10.4 Å². The second kappa shape index (κ2) is 6.47. The van der Waals surface area contributed by atoms with Gasteiger partial charge in [-0.3, -0.25) is 4.79 Å². The molecule has 2 N–H and O–H groups in total. The monoisotopic (exact) mass is 295 g/mol. The number of hydrogen-bond donors (Lipinski definition) is 2. The molecule has 1 amide bonds. The number of nitrogens with one attached hydrogen (secondary N) is 1. The van der Waals surface area contributed by atoms with Gasteiger partial charge in [0.2, 0.25) is 0 Å². The van der Waals surface area contributed by atoms with Crippen molar-refractivity contribution in [2.24, 2.45) is 0 Å². The molecule has 19 heavy (non-hydrogen) atoms. The summed E-state index contributed by atoms with van der Waals surface area (Å²) < 4.78 is 0.240. The van der Waals surface area contributed by atoms with Gasteiger partial charge in [0.15, 0.2) is 0 Å². The number of hydrogen-bond acceptors (Lipinski definition) is 4. The molecule has 0 atom stereocenters. The fourth-order valence-corrected chi connectivity index (χ4v) is 3.74. The normalized spacial score (nSPS) is 16.1. The summed E-state index contributed by atoms with van der Waals surface area (Å²) in [7, 11) is 0. The van der Waals surface area contributed by atoms with Crippen LogP contribution in [0, 0.1) is 11.8 Å². The van der Waals surface area contributed by atoms with Crippen LogP contribution in [0.4, 0.5) is 0 Å². The highest BCUT2D eigenvalue weighted by Crippen LogP contribution is 2.42. The van der Waals surface area contributed by atoms with Crippen molar-refractivity contribution >= 4 is 29.0 Å². The molecule has 0 saturated heterocycles. The van der Waals surface area contributed by atoms with E-state index in [9.17, 15) is 4.79 Å². The maximum absolute atomic E-state index is 12.2. The van der Waals surface area contributed by atoms with Crippen molar-refractivity contribution in [1.29, 1.82) is 0 Å². The molecule has 1 heterocycles. The van der Waals surface area contributed by atoms with Gasteiger partial charge in [0.25, 0.3) is 5.91 Å². The topological polar surface area (TPSA) is 49.3 Å². The minimum absolute atomic E-state index is 0.0578. The summed E-state index contributed by atoms with van der Waals surface area (Å²) in [6.45, 7) is 0.532. The van der Waals surface area contributed by atoms with Gasteiger partial charge in [0.1, 0.15) is 11.5 Å². The van der Waals surface area contributed by atoms with Crippen LogP contribution in [0.1, 0.15) is 34.5 Å². The smallest absolute Gasteiger partial charge is 0.262 e. The van der Waals surface area contributed by atoms with E-state index in [1.54, 1.807) is 0 Å². The van der Waals surface area contributed by atoms with E-state index in [1.807, 2.05) is 23.2 Å². The Hall–Kier alpha value is -0.960. The van der Waals surface area contributed by atoms with E-state index >= 15 is 0 Å². The Morgan fingerprint density at radius 1 is 1.63 bits per heavy atom. The van der Waals surface area contributed by atoms with Crippen LogP contribution in [0.2, 0.25) is 0 Å². The molecule has 1 aliphatic rings. The number of aliphatic hydroxyl groups is 1. The van der Waals surface area contributed by atoms with E-state index in [1.165, 1.54) is 30.6 Å². The molecule has 0 bridgehead atoms. The second-order valence-electron chi connectivity index (χ2n) is 4.55. The van der Waals surface area contributed by atoms with Gasteiger partial charge < -0.3 is 10.4 Å². The lowest BCUT2D eigenvalue weighted by molar-refractivity contribution is 0.0948. The van der Waals surface area contributed by atoms with Crippen molar-refractivity contribution in [2.75, 3.05) is 19.4 Å². The van der Waals surface area contributed by atoms with E-state index in [0.717, 1.165) is 6.54 Å². The molecular formula is C14H17NO2S2. The summed E-state index contributed by atoms with van der Waals surface area (Å²) in [6, 6.07) is 1.82. The molecule has 5 heteroatoms. The number of amides is 1. The van der Waals surface area contributed by atoms with Gasteiger partial charge in [-0.15, -0.1) is 11.3 Å². The lowest BCUT2D eigenvalue weighted by atomic mass is 9.84. The third kappa shape index (κ3) is 3.33. The van der Waals surface area contributed by atoms with E-state index < -0.39 is 0 Å². The zero-order valence-electron chi connectivity index (χ0n) is 10.9. The van der Waals surface area contributed by atoms with Crippen molar-refractivity contribution in [3.05, 3.63) is 21.9 Å². The van der Waals surface area contributed by atoms with Gasteiger partial charge >= 0.3 is 0 Å². The third-order valence-corrected chi connectivity index (χ3v) is 5.77. The maximum Gasteiger partial charge on any atom is 0.262 e. The van der Waals surface area contributed by atoms with E-state index in [2.05, 4.69) is 23.4 Å². The summed E-state index contributed by atoms with van der Waals surface area (Å²) in [4.78, 5) is 12.8. The zero-order chi connectivity index (χ0) is 13.7. The number of carbonyl (C=O) groups excluding carboxylic acids is 1. The molecule has 102 valence electrons. The minimum Gasteiger partial charge on any atom is -0.384 e. The zero-order valence-corrected chi connectivity index (χ0v) is 12.5. The summed E-state index contributed by atoms with van der Waals surface area (Å²) >= 11 is 3.23. The van der Waals surface area contributed by atoms with Crippen LogP contribution < -0.4 is 5.32 Å². The molecule has 0 radical (unpaired) electrons. The molecule has 1 fully saturated rings. The van der Waals surface area contributed by atoms with Crippen LogP contribution in [-0.2, 0) is 0 Å². The van der Waals surface area contributed by atoms with Gasteiger partial charge in [-0.25, -0.2) is 0 Å². The first kappa shape index (κ1) is 14.4. The Bertz CT molecular complexity index is 503. The van der Waals surface area contributed by atoms with Crippen LogP contribution in [0.15, 0.2) is 11.4 Å². The summed E-state index contributed by atoms with van der Waals surface area (Å²) in [6.07, 6.45) is 5.71. The standard InChI is InChI=1S/C14H17NO2S2/c1-18-14(6-3-7-14)10-15-13(17)12-11(4-2-8-16)5-9-19-12/h5,9,16H,3,6-8,10H2,1H3,(H,15,17). The SMILES string of the molecule is CSC1(CNC(=O)c2sccc2C#CCO)CCC1. The largest absolute Gasteiger partial charge is 0.384 e. The van der Waals surface area contributed by atoms with E-state index in [4.69, 9.17) is 5.11 Å². The quantitative estimate of drug-likeness (QED) is 0.837. The number of thioether (sulfide) groups is 1. The Labute approximate surface area is 121 Å². The van der Waals surface area contributed by atoms with Gasteiger partial charge in [-0.2, -0.15) is 11.8 Å². The predicted octanol–water partition coefficient (Wildman–Crippen LogP) is 2.11. The Kier molecular flexibility index (Phi) is 4.92. The van der Waals surface area contributed by atoms with Gasteiger partial charge in [-0.1, -0.05) is 18.3 Å². The van der Waals surface area contributed by atoms with Gasteiger partial charge in [0, 0.05) is 16.9 Å². The first-order valence-electron chi connectivity index (χ1n) is 6.21. The molecule has 0 aliphatic heterocycles. The average Bonchev–Trinajstić information content (AvgIpc) is 2.83. The number of aliphatic hydroxyl groups excluding tert-OH is 1.